The fourth-order valence-electron chi connectivity index (χ4n) is 9.58. The van der Waals surface area contributed by atoms with Crippen molar-refractivity contribution >= 4 is 5.97 Å². The maximum atomic E-state index is 12.3. The Bertz CT molecular complexity index is 921. The van der Waals surface area contributed by atoms with Crippen molar-refractivity contribution in [3.63, 3.8) is 0 Å². The van der Waals surface area contributed by atoms with Gasteiger partial charge in [-0.25, -0.2) is 4.79 Å². The van der Waals surface area contributed by atoms with Gasteiger partial charge in [0, 0.05) is 11.5 Å². The number of hydrogen-bond donors (Lipinski definition) is 4. The Morgan fingerprint density at radius 2 is 1.78 bits per heavy atom. The number of carbonyl (C=O) groups is 1. The molecule has 0 aromatic carbocycles. The summed E-state index contributed by atoms with van der Waals surface area (Å²) in [6.07, 6.45) is 5.63. The van der Waals surface area contributed by atoms with E-state index in [-0.39, 0.29) is 41.3 Å². The van der Waals surface area contributed by atoms with Crippen LogP contribution in [0.2, 0.25) is 0 Å². The van der Waals surface area contributed by atoms with Crippen LogP contribution in [0.3, 0.4) is 0 Å². The monoisotopic (exact) mass is 506 g/mol. The lowest BCUT2D eigenvalue weighted by molar-refractivity contribution is -0.290. The highest BCUT2D eigenvalue weighted by atomic mass is 16.7. The van der Waals surface area contributed by atoms with Crippen molar-refractivity contribution in [1.82, 2.24) is 0 Å². The van der Waals surface area contributed by atoms with Crippen LogP contribution in [0.5, 0.6) is 0 Å². The Morgan fingerprint density at radius 1 is 0.972 bits per heavy atom. The minimum Gasteiger partial charge on any atom is -0.458 e. The molecule has 8 heteroatoms. The molecule has 5 fully saturated rings. The first kappa shape index (κ1) is 25.3. The zero-order chi connectivity index (χ0) is 25.5. The Kier molecular flexibility index (Phi) is 6.14. The zero-order valence-corrected chi connectivity index (χ0v) is 21.5. The van der Waals surface area contributed by atoms with Crippen molar-refractivity contribution in [3.8, 4) is 0 Å². The van der Waals surface area contributed by atoms with Crippen LogP contribution in [-0.2, 0) is 19.0 Å². The summed E-state index contributed by atoms with van der Waals surface area (Å²) >= 11 is 0. The Hall–Kier alpha value is -1.03. The Labute approximate surface area is 213 Å². The minimum atomic E-state index is -1.26. The summed E-state index contributed by atoms with van der Waals surface area (Å²) in [5.74, 6) is 1.15. The molecule has 6 rings (SSSR count). The third kappa shape index (κ3) is 3.58. The normalized spacial score (nSPS) is 54.8. The number of fused-ring (bicyclic) bond motifs is 5. The maximum Gasteiger partial charge on any atom is 0.331 e. The molecule has 8 nitrogen and oxygen atoms in total. The first-order chi connectivity index (χ1) is 17.1. The fraction of sp³-hybridized carbons (Fsp3) is 0.893. The Balaban J connectivity index is 1.16. The van der Waals surface area contributed by atoms with Gasteiger partial charge in [-0.2, -0.15) is 0 Å². The molecular formula is C28H42O8. The fourth-order valence-corrected chi connectivity index (χ4v) is 9.58. The molecule has 3 unspecified atom stereocenters. The molecule has 2 aliphatic heterocycles. The minimum absolute atomic E-state index is 0.0456. The lowest BCUT2D eigenvalue weighted by Crippen LogP contribution is -2.62. The molecule has 2 heterocycles. The number of esters is 1. The van der Waals surface area contributed by atoms with E-state index in [0.29, 0.717) is 18.4 Å². The molecule has 0 spiro atoms. The van der Waals surface area contributed by atoms with Crippen LogP contribution in [0.1, 0.15) is 71.6 Å². The predicted molar refractivity (Wildman–Crippen MR) is 128 cm³/mol. The summed E-state index contributed by atoms with van der Waals surface area (Å²) in [6.45, 7) is 5.00. The van der Waals surface area contributed by atoms with E-state index in [1.807, 2.05) is 0 Å². The van der Waals surface area contributed by atoms with Gasteiger partial charge in [-0.15, -0.1) is 0 Å². The second-order valence-electron chi connectivity index (χ2n) is 13.1. The number of aliphatic hydroxyl groups excluding tert-OH is 3. The second kappa shape index (κ2) is 8.75. The van der Waals surface area contributed by atoms with Gasteiger partial charge in [0.25, 0.3) is 0 Å². The molecular weight excluding hydrogens is 464 g/mol. The summed E-state index contributed by atoms with van der Waals surface area (Å²) in [7, 11) is 0. The van der Waals surface area contributed by atoms with E-state index in [2.05, 4.69) is 13.8 Å². The van der Waals surface area contributed by atoms with Gasteiger partial charge in [0.1, 0.15) is 24.9 Å². The second-order valence-corrected chi connectivity index (χ2v) is 13.1. The molecule has 36 heavy (non-hydrogen) atoms. The third-order valence-electron chi connectivity index (χ3n) is 11.7. The average molecular weight is 507 g/mol. The lowest BCUT2D eigenvalue weighted by atomic mass is 9.43. The summed E-state index contributed by atoms with van der Waals surface area (Å²) in [5, 5.41) is 42.4. The van der Waals surface area contributed by atoms with Crippen molar-refractivity contribution in [3.05, 3.63) is 11.6 Å². The molecule has 4 N–H and O–H groups in total. The van der Waals surface area contributed by atoms with Gasteiger partial charge in [-0.3, -0.25) is 0 Å². The smallest absolute Gasteiger partial charge is 0.331 e. The van der Waals surface area contributed by atoms with Crippen molar-refractivity contribution in [2.45, 2.75) is 108 Å². The van der Waals surface area contributed by atoms with Crippen LogP contribution in [0.25, 0.3) is 0 Å². The van der Waals surface area contributed by atoms with E-state index in [0.717, 1.165) is 63.4 Å². The van der Waals surface area contributed by atoms with Gasteiger partial charge >= 0.3 is 5.97 Å². The van der Waals surface area contributed by atoms with Gasteiger partial charge in [0.2, 0.25) is 0 Å². The van der Waals surface area contributed by atoms with E-state index in [9.17, 15) is 25.2 Å². The van der Waals surface area contributed by atoms with Gasteiger partial charge in [0.15, 0.2) is 6.29 Å². The van der Waals surface area contributed by atoms with Gasteiger partial charge < -0.3 is 34.6 Å². The summed E-state index contributed by atoms with van der Waals surface area (Å²) in [5.41, 5.74) is 0.257. The molecule has 0 bridgehead atoms. The molecule has 0 aromatic rings. The van der Waals surface area contributed by atoms with Gasteiger partial charge in [-0.1, -0.05) is 13.8 Å². The maximum absolute atomic E-state index is 12.3. The van der Waals surface area contributed by atoms with Crippen LogP contribution in [0, 0.1) is 34.5 Å². The van der Waals surface area contributed by atoms with Crippen LogP contribution < -0.4 is 0 Å². The van der Waals surface area contributed by atoms with Crippen LogP contribution in [0.4, 0.5) is 0 Å². The van der Waals surface area contributed by atoms with Crippen LogP contribution in [-0.4, -0.2) is 75.9 Å². The molecule has 1 saturated heterocycles. The Morgan fingerprint density at radius 3 is 2.53 bits per heavy atom. The molecule has 12 atom stereocenters. The largest absolute Gasteiger partial charge is 0.458 e. The molecule has 0 amide bonds. The van der Waals surface area contributed by atoms with Crippen molar-refractivity contribution in [1.29, 1.82) is 0 Å². The zero-order valence-electron chi connectivity index (χ0n) is 21.5. The first-order valence-electron chi connectivity index (χ1n) is 14.0. The average Bonchev–Trinajstić information content (AvgIpc) is 3.39. The highest BCUT2D eigenvalue weighted by Gasteiger charge is 2.67. The topological polar surface area (TPSA) is 126 Å². The summed E-state index contributed by atoms with van der Waals surface area (Å²) < 4.78 is 16.9. The SMILES string of the molecule is C[C@]12CC[C@H](O[C@H]3OC[C@H](O)C(O)[C@@H]3O)C[C@H]1CCC1C2CC[C@]2(C)[C@@H](C3=CC(=O)OC3)CC[C@]12O. The summed E-state index contributed by atoms with van der Waals surface area (Å²) in [6, 6.07) is 0. The summed E-state index contributed by atoms with van der Waals surface area (Å²) in [4.78, 5) is 11.8. The number of carbonyl (C=O) groups excluding carboxylic acids is 1. The predicted octanol–water partition coefficient (Wildman–Crippen LogP) is 2.07. The van der Waals surface area contributed by atoms with E-state index in [4.69, 9.17) is 14.2 Å². The standard InChI is InChI=1S/C28H42O8/c1-26-8-5-17(36-25-24(32)23(31)21(29)14-35-25)12-16(26)3-4-20-19(26)6-9-27(2)18(7-10-28(20,27)33)15-11-22(30)34-13-15/h11,16-21,23-25,29,31-33H,3-10,12-14H2,1-2H3/t16-,17+,18-,19?,20?,21+,23?,24+,25-,26+,27-,28+/m1/s1. The molecule has 4 aliphatic carbocycles. The highest BCUT2D eigenvalue weighted by Crippen LogP contribution is 2.70. The number of ether oxygens (including phenoxy) is 3. The quantitative estimate of drug-likeness (QED) is 0.339. The van der Waals surface area contributed by atoms with E-state index in [1.54, 1.807) is 6.08 Å². The molecule has 0 aromatic heterocycles. The van der Waals surface area contributed by atoms with Crippen LogP contribution >= 0.6 is 0 Å². The first-order valence-corrected chi connectivity index (χ1v) is 14.0. The van der Waals surface area contributed by atoms with Crippen molar-refractivity contribution < 1.29 is 39.4 Å². The van der Waals surface area contributed by atoms with Crippen molar-refractivity contribution in [2.75, 3.05) is 13.2 Å². The third-order valence-corrected chi connectivity index (χ3v) is 11.7. The molecule has 4 saturated carbocycles. The number of aliphatic hydroxyl groups is 4. The van der Waals surface area contributed by atoms with Gasteiger partial charge in [0.05, 0.1) is 18.3 Å². The number of hydrogen-bond acceptors (Lipinski definition) is 8. The van der Waals surface area contributed by atoms with Crippen LogP contribution in [0.15, 0.2) is 11.6 Å². The molecule has 0 radical (unpaired) electrons. The van der Waals surface area contributed by atoms with Gasteiger partial charge in [-0.05, 0) is 92.4 Å². The van der Waals surface area contributed by atoms with E-state index < -0.39 is 30.2 Å². The van der Waals surface area contributed by atoms with E-state index >= 15 is 0 Å². The number of rotatable bonds is 3. The lowest BCUT2D eigenvalue weighted by Gasteiger charge is -2.64. The molecule has 202 valence electrons. The number of cyclic esters (lactones) is 1. The highest BCUT2D eigenvalue weighted by molar-refractivity contribution is 5.85. The van der Waals surface area contributed by atoms with E-state index in [1.165, 1.54) is 0 Å². The van der Waals surface area contributed by atoms with Crippen molar-refractivity contribution in [2.24, 2.45) is 34.5 Å². The molecule has 6 aliphatic rings.